The van der Waals surface area contributed by atoms with E-state index in [1.54, 1.807) is 23.5 Å². The van der Waals surface area contributed by atoms with Crippen LogP contribution < -0.4 is 5.73 Å². The first kappa shape index (κ1) is 22.6. The smallest absolute Gasteiger partial charge is 0.356 e. The molecule has 5 rings (SSSR count). The van der Waals surface area contributed by atoms with Crippen molar-refractivity contribution in [2.45, 2.75) is 22.7 Å². The van der Waals surface area contributed by atoms with Gasteiger partial charge in [0, 0.05) is 18.6 Å². The van der Waals surface area contributed by atoms with E-state index in [2.05, 4.69) is 15.5 Å². The first-order valence-electron chi connectivity index (χ1n) is 10.6. The number of aromatic nitrogens is 4. The zero-order valence-corrected chi connectivity index (χ0v) is 19.9. The lowest BCUT2D eigenvalue weighted by Gasteiger charge is -2.48. The molecule has 2 N–H and O–H groups in total. The number of hydrogen-bond donors (Lipinski definition) is 1. The van der Waals surface area contributed by atoms with Gasteiger partial charge < -0.3 is 10.5 Å². The third kappa shape index (κ3) is 4.22. The number of tetrazole rings is 1. The van der Waals surface area contributed by atoms with Crippen LogP contribution in [-0.2, 0) is 21.4 Å². The van der Waals surface area contributed by atoms with Crippen molar-refractivity contribution in [1.29, 1.82) is 0 Å². The Kier molecular flexibility index (Phi) is 6.40. The monoisotopic (exact) mass is 494 g/mol. The fourth-order valence-corrected chi connectivity index (χ4v) is 6.20. The molecule has 1 fully saturated rings. The van der Waals surface area contributed by atoms with Crippen molar-refractivity contribution in [3.05, 3.63) is 83.1 Å². The number of thioether (sulfide) groups is 2. The van der Waals surface area contributed by atoms with Gasteiger partial charge in [-0.3, -0.25) is 9.69 Å². The van der Waals surface area contributed by atoms with Gasteiger partial charge in [0.1, 0.15) is 17.1 Å². The van der Waals surface area contributed by atoms with E-state index in [1.165, 1.54) is 16.7 Å². The second-order valence-electron chi connectivity index (χ2n) is 7.87. The summed E-state index contributed by atoms with van der Waals surface area (Å²) in [6, 6.07) is 18.5. The number of hydrogen-bond acceptors (Lipinski definition) is 9. The largest absolute Gasteiger partial charge is 0.448 e. The van der Waals surface area contributed by atoms with Gasteiger partial charge in [-0.05, 0) is 27.1 Å². The Morgan fingerprint density at radius 1 is 1.18 bits per heavy atom. The van der Waals surface area contributed by atoms with Gasteiger partial charge in [-0.2, -0.15) is 0 Å². The van der Waals surface area contributed by atoms with Crippen molar-refractivity contribution < 1.29 is 14.3 Å². The maximum absolute atomic E-state index is 13.7. The molecule has 3 heterocycles. The number of nitrogens with zero attached hydrogens (tertiary/aromatic N) is 5. The van der Waals surface area contributed by atoms with E-state index in [0.717, 1.165) is 16.7 Å². The molecule has 0 spiro atoms. The first-order valence-corrected chi connectivity index (χ1v) is 12.7. The van der Waals surface area contributed by atoms with Crippen molar-refractivity contribution in [3.63, 3.8) is 0 Å². The van der Waals surface area contributed by atoms with Crippen LogP contribution >= 0.6 is 23.5 Å². The quantitative estimate of drug-likeness (QED) is 0.299. The summed E-state index contributed by atoms with van der Waals surface area (Å²) in [5, 5.41) is 11.8. The van der Waals surface area contributed by atoms with Crippen molar-refractivity contribution in [1.82, 2.24) is 25.1 Å². The number of β-lactam (4-membered cyclic amide) rings is 1. The fraction of sp³-hybridized carbons (Fsp3) is 0.261. The molecular weight excluding hydrogens is 472 g/mol. The molecule has 1 aromatic heterocycles. The third-order valence-electron chi connectivity index (χ3n) is 5.67. The van der Waals surface area contributed by atoms with Crippen LogP contribution in [0.4, 0.5) is 0 Å². The van der Waals surface area contributed by atoms with Gasteiger partial charge in [-0.25, -0.2) is 9.48 Å². The van der Waals surface area contributed by atoms with E-state index in [0.29, 0.717) is 16.7 Å². The molecule has 2 aliphatic heterocycles. The second kappa shape index (κ2) is 9.61. The van der Waals surface area contributed by atoms with Crippen LogP contribution in [0.2, 0.25) is 0 Å². The van der Waals surface area contributed by atoms with E-state index in [1.807, 2.05) is 60.7 Å². The first-order chi connectivity index (χ1) is 16.5. The number of fused-ring (bicyclic) bond motifs is 1. The van der Waals surface area contributed by atoms with Crippen molar-refractivity contribution >= 4 is 35.4 Å². The highest BCUT2D eigenvalue weighted by Gasteiger charge is 2.52. The Morgan fingerprint density at radius 3 is 2.41 bits per heavy atom. The van der Waals surface area contributed by atoms with Gasteiger partial charge in [0.15, 0.2) is 6.10 Å². The summed E-state index contributed by atoms with van der Waals surface area (Å²) in [6.07, 6.45) is -0.614. The van der Waals surface area contributed by atoms with Crippen molar-refractivity contribution in [3.8, 4) is 0 Å². The lowest BCUT2D eigenvalue weighted by Crippen LogP contribution is -2.68. The second-order valence-corrected chi connectivity index (χ2v) is 9.92. The van der Waals surface area contributed by atoms with Crippen LogP contribution in [0.1, 0.15) is 17.2 Å². The van der Waals surface area contributed by atoms with E-state index in [-0.39, 0.29) is 17.0 Å². The average molecular weight is 495 g/mol. The molecule has 174 valence electrons. The lowest BCUT2D eigenvalue weighted by molar-refractivity contribution is -0.153. The maximum Gasteiger partial charge on any atom is 0.356 e. The van der Waals surface area contributed by atoms with Crippen LogP contribution in [0, 0.1) is 0 Å². The normalized spacial score (nSPS) is 19.7. The van der Waals surface area contributed by atoms with Gasteiger partial charge >= 0.3 is 5.97 Å². The molecule has 2 aliphatic rings. The molecule has 0 radical (unpaired) electrons. The number of carbonyl (C=O) groups excluding carboxylic acids is 2. The van der Waals surface area contributed by atoms with E-state index >= 15 is 0 Å². The number of aryl methyl sites for hydroxylation is 1. The highest BCUT2D eigenvalue weighted by Crippen LogP contribution is 2.41. The number of nitrogens with two attached hydrogens (primary N) is 1. The van der Waals surface area contributed by atoms with E-state index in [4.69, 9.17) is 10.5 Å². The van der Waals surface area contributed by atoms with Crippen LogP contribution in [0.15, 0.2) is 77.1 Å². The number of ether oxygens (including phenoxy) is 1. The predicted molar refractivity (Wildman–Crippen MR) is 128 cm³/mol. The number of rotatable bonds is 7. The highest BCUT2D eigenvalue weighted by molar-refractivity contribution is 8.01. The molecule has 0 aliphatic carbocycles. The highest BCUT2D eigenvalue weighted by atomic mass is 32.2. The topological polar surface area (TPSA) is 116 Å². The van der Waals surface area contributed by atoms with Crippen molar-refractivity contribution in [2.24, 2.45) is 12.8 Å². The molecular formula is C23H22N6O3S2. The third-order valence-corrected chi connectivity index (χ3v) is 8.13. The SMILES string of the molecule is Cn1nnnc1SCC1=C(C(=O)OC(c2ccccc2)c2ccccc2)N2C(=O)C(N)C2SC1. The van der Waals surface area contributed by atoms with Crippen LogP contribution in [0.5, 0.6) is 0 Å². The minimum Gasteiger partial charge on any atom is -0.448 e. The zero-order valence-electron chi connectivity index (χ0n) is 18.3. The van der Waals surface area contributed by atoms with Crippen LogP contribution in [0.25, 0.3) is 0 Å². The van der Waals surface area contributed by atoms with Gasteiger partial charge in [0.05, 0.1) is 0 Å². The maximum atomic E-state index is 13.7. The van der Waals surface area contributed by atoms with Crippen molar-refractivity contribution in [2.75, 3.05) is 11.5 Å². The molecule has 0 bridgehead atoms. The molecule has 11 heteroatoms. The summed E-state index contributed by atoms with van der Waals surface area (Å²) < 4.78 is 7.66. The van der Waals surface area contributed by atoms with Gasteiger partial charge in [0.2, 0.25) is 11.1 Å². The van der Waals surface area contributed by atoms with Gasteiger partial charge in [-0.1, -0.05) is 72.4 Å². The van der Waals surface area contributed by atoms with Crippen LogP contribution in [-0.4, -0.2) is 59.9 Å². The summed E-state index contributed by atoms with van der Waals surface area (Å²) in [5.74, 6) is 0.183. The number of esters is 1. The van der Waals surface area contributed by atoms with Crippen LogP contribution in [0.3, 0.4) is 0 Å². The molecule has 2 atom stereocenters. The molecule has 3 aromatic rings. The number of amides is 1. The van der Waals surface area contributed by atoms with Gasteiger partial charge in [0.25, 0.3) is 0 Å². The standard InChI is InChI=1S/C23H22N6O3S2/c1-28-23(25-26-27-28)34-13-16-12-33-21-17(24)20(30)29(21)18(16)22(31)32-19(14-8-4-2-5-9-14)15-10-6-3-7-11-15/h2-11,17,19,21H,12-13,24H2,1H3. The lowest BCUT2D eigenvalue weighted by atomic mass is 10.0. The van der Waals surface area contributed by atoms with E-state index in [9.17, 15) is 9.59 Å². The molecule has 1 amide bonds. The van der Waals surface area contributed by atoms with Gasteiger partial charge in [-0.15, -0.1) is 16.9 Å². The Hall–Kier alpha value is -3.15. The minimum absolute atomic E-state index is 0.271. The average Bonchev–Trinajstić information content (AvgIpc) is 3.30. The van der Waals surface area contributed by atoms with E-state index < -0.39 is 18.1 Å². The summed E-state index contributed by atoms with van der Waals surface area (Å²) in [4.78, 5) is 27.8. The molecule has 0 saturated carbocycles. The number of benzene rings is 2. The molecule has 9 nitrogen and oxygen atoms in total. The summed E-state index contributed by atoms with van der Waals surface area (Å²) in [6.45, 7) is 0. The Morgan fingerprint density at radius 2 is 1.82 bits per heavy atom. The predicted octanol–water partition coefficient (Wildman–Crippen LogP) is 2.13. The molecule has 2 unspecified atom stereocenters. The minimum atomic E-state index is -0.621. The molecule has 2 aromatic carbocycles. The number of carbonyl (C=O) groups is 2. The summed E-state index contributed by atoms with van der Waals surface area (Å²) in [5.41, 5.74) is 8.77. The Labute approximate surface area is 204 Å². The summed E-state index contributed by atoms with van der Waals surface area (Å²) >= 11 is 2.95. The fourth-order valence-electron chi connectivity index (χ4n) is 3.92. The molecule has 34 heavy (non-hydrogen) atoms. The Balaban J connectivity index is 1.47. The Bertz CT molecular complexity index is 1190. The summed E-state index contributed by atoms with van der Waals surface area (Å²) in [7, 11) is 1.75. The molecule has 1 saturated heterocycles. The zero-order chi connectivity index (χ0) is 23.7.